The highest BCUT2D eigenvalue weighted by molar-refractivity contribution is 5.32. The van der Waals surface area contributed by atoms with Crippen molar-refractivity contribution in [2.24, 2.45) is 0 Å². The lowest BCUT2D eigenvalue weighted by molar-refractivity contribution is 0.515. The molecular formula is C25H29N. The van der Waals surface area contributed by atoms with Crippen LogP contribution in [0, 0.1) is 0 Å². The Morgan fingerprint density at radius 1 is 0.692 bits per heavy atom. The minimum atomic E-state index is 0.476. The van der Waals surface area contributed by atoms with E-state index in [1.165, 1.54) is 29.5 Å². The van der Waals surface area contributed by atoms with Gasteiger partial charge < -0.3 is 5.32 Å². The van der Waals surface area contributed by atoms with Crippen molar-refractivity contribution in [3.8, 4) is 0 Å². The van der Waals surface area contributed by atoms with Gasteiger partial charge in [0.05, 0.1) is 0 Å². The molecule has 1 heteroatoms. The standard InChI is InChI=1S/C25H29N/c1-21(20-22-12-5-2-6-13-22)26-19-11-18-25(23-14-7-3-8-15-23)24-16-9-4-10-17-24/h2-10,12-17,21,25-26H,11,18-20H2,1H3. The van der Waals surface area contributed by atoms with Crippen LogP contribution in [0.1, 0.15) is 42.4 Å². The van der Waals surface area contributed by atoms with Crippen molar-refractivity contribution in [3.63, 3.8) is 0 Å². The van der Waals surface area contributed by atoms with Gasteiger partial charge in [0.25, 0.3) is 0 Å². The van der Waals surface area contributed by atoms with E-state index in [-0.39, 0.29) is 0 Å². The van der Waals surface area contributed by atoms with Gasteiger partial charge in [0.1, 0.15) is 0 Å². The Bertz CT molecular complexity index is 697. The van der Waals surface area contributed by atoms with Gasteiger partial charge in [-0.25, -0.2) is 0 Å². The van der Waals surface area contributed by atoms with Crippen molar-refractivity contribution in [1.29, 1.82) is 0 Å². The number of nitrogens with one attached hydrogen (secondary N) is 1. The van der Waals surface area contributed by atoms with E-state index in [1.54, 1.807) is 0 Å². The van der Waals surface area contributed by atoms with Gasteiger partial charge >= 0.3 is 0 Å². The van der Waals surface area contributed by atoms with Crippen molar-refractivity contribution in [2.75, 3.05) is 6.54 Å². The van der Waals surface area contributed by atoms with Gasteiger partial charge in [-0.15, -0.1) is 0 Å². The third-order valence-corrected chi connectivity index (χ3v) is 4.95. The lowest BCUT2D eigenvalue weighted by Gasteiger charge is -2.19. The van der Waals surface area contributed by atoms with Gasteiger partial charge in [0.2, 0.25) is 0 Å². The van der Waals surface area contributed by atoms with Gasteiger partial charge in [-0.3, -0.25) is 0 Å². The van der Waals surface area contributed by atoms with E-state index in [0.29, 0.717) is 12.0 Å². The first-order valence-electron chi connectivity index (χ1n) is 9.70. The molecule has 0 spiro atoms. The van der Waals surface area contributed by atoms with Crippen LogP contribution >= 0.6 is 0 Å². The second-order valence-corrected chi connectivity index (χ2v) is 7.06. The second-order valence-electron chi connectivity index (χ2n) is 7.06. The smallest absolute Gasteiger partial charge is 0.00898 e. The lowest BCUT2D eigenvalue weighted by atomic mass is 9.87. The molecule has 3 aromatic rings. The zero-order chi connectivity index (χ0) is 18.0. The number of rotatable bonds is 9. The van der Waals surface area contributed by atoms with Crippen LogP contribution in [0.5, 0.6) is 0 Å². The first kappa shape index (κ1) is 18.4. The molecule has 134 valence electrons. The third kappa shape index (κ3) is 5.57. The molecular weight excluding hydrogens is 314 g/mol. The Morgan fingerprint density at radius 2 is 1.19 bits per heavy atom. The highest BCUT2D eigenvalue weighted by Gasteiger charge is 2.13. The van der Waals surface area contributed by atoms with Crippen LogP contribution in [-0.2, 0) is 6.42 Å². The van der Waals surface area contributed by atoms with Gasteiger partial charge in [-0.2, -0.15) is 0 Å². The molecule has 1 nitrogen and oxygen atoms in total. The third-order valence-electron chi connectivity index (χ3n) is 4.95. The maximum atomic E-state index is 3.69. The Balaban J connectivity index is 1.52. The van der Waals surface area contributed by atoms with Crippen LogP contribution in [0.25, 0.3) is 0 Å². The van der Waals surface area contributed by atoms with Crippen molar-refractivity contribution < 1.29 is 0 Å². The highest BCUT2D eigenvalue weighted by Crippen LogP contribution is 2.28. The molecule has 1 N–H and O–H groups in total. The Morgan fingerprint density at radius 3 is 1.73 bits per heavy atom. The summed E-state index contributed by atoms with van der Waals surface area (Å²) in [6.45, 7) is 3.34. The van der Waals surface area contributed by atoms with Crippen LogP contribution in [0.15, 0.2) is 91.0 Å². The molecule has 3 rings (SSSR count). The minimum absolute atomic E-state index is 0.476. The molecule has 0 saturated heterocycles. The SMILES string of the molecule is CC(Cc1ccccc1)NCCCC(c1ccccc1)c1ccccc1. The van der Waals surface area contributed by atoms with Crippen LogP contribution in [0.2, 0.25) is 0 Å². The monoisotopic (exact) mass is 343 g/mol. The minimum Gasteiger partial charge on any atom is -0.314 e. The fourth-order valence-electron chi connectivity index (χ4n) is 3.59. The first-order valence-corrected chi connectivity index (χ1v) is 9.70. The fourth-order valence-corrected chi connectivity index (χ4v) is 3.59. The average Bonchev–Trinajstić information content (AvgIpc) is 2.70. The number of hydrogen-bond acceptors (Lipinski definition) is 1. The largest absolute Gasteiger partial charge is 0.314 e. The maximum Gasteiger partial charge on any atom is 0.00898 e. The van der Waals surface area contributed by atoms with Gasteiger partial charge in [0, 0.05) is 12.0 Å². The van der Waals surface area contributed by atoms with Crippen molar-refractivity contribution in [1.82, 2.24) is 5.32 Å². The van der Waals surface area contributed by atoms with Crippen LogP contribution in [0.4, 0.5) is 0 Å². The molecule has 0 bridgehead atoms. The van der Waals surface area contributed by atoms with Crippen molar-refractivity contribution in [2.45, 2.75) is 38.1 Å². The van der Waals surface area contributed by atoms with Crippen LogP contribution in [-0.4, -0.2) is 12.6 Å². The topological polar surface area (TPSA) is 12.0 Å². The Hall–Kier alpha value is -2.38. The molecule has 3 aromatic carbocycles. The summed E-state index contributed by atoms with van der Waals surface area (Å²) < 4.78 is 0. The van der Waals surface area contributed by atoms with Crippen molar-refractivity contribution >= 4 is 0 Å². The molecule has 0 saturated carbocycles. The van der Waals surface area contributed by atoms with Gasteiger partial charge in [-0.05, 0) is 49.4 Å². The molecule has 0 aromatic heterocycles. The molecule has 0 aliphatic rings. The quantitative estimate of drug-likeness (QED) is 0.483. The zero-order valence-corrected chi connectivity index (χ0v) is 15.6. The molecule has 0 fully saturated rings. The molecule has 0 aliphatic carbocycles. The summed E-state index contributed by atoms with van der Waals surface area (Å²) in [5, 5.41) is 3.69. The lowest BCUT2D eigenvalue weighted by Crippen LogP contribution is -2.29. The predicted molar refractivity (Wildman–Crippen MR) is 112 cm³/mol. The van der Waals surface area contributed by atoms with E-state index in [9.17, 15) is 0 Å². The normalized spacial score (nSPS) is 12.2. The van der Waals surface area contributed by atoms with Crippen molar-refractivity contribution in [3.05, 3.63) is 108 Å². The summed E-state index contributed by atoms with van der Waals surface area (Å²) in [6, 6.07) is 33.0. The fraction of sp³-hybridized carbons (Fsp3) is 0.280. The predicted octanol–water partition coefficient (Wildman–Crippen LogP) is 5.82. The highest BCUT2D eigenvalue weighted by atomic mass is 14.9. The van der Waals surface area contributed by atoms with E-state index in [0.717, 1.165) is 13.0 Å². The molecule has 1 unspecified atom stereocenters. The van der Waals surface area contributed by atoms with E-state index in [4.69, 9.17) is 0 Å². The molecule has 26 heavy (non-hydrogen) atoms. The van der Waals surface area contributed by atoms with E-state index in [2.05, 4.69) is 103 Å². The summed E-state index contributed by atoms with van der Waals surface area (Å²) in [6.07, 6.45) is 3.42. The average molecular weight is 344 g/mol. The molecule has 0 aliphatic heterocycles. The van der Waals surface area contributed by atoms with Crippen LogP contribution in [0.3, 0.4) is 0 Å². The first-order chi connectivity index (χ1) is 12.8. The summed E-state index contributed by atoms with van der Waals surface area (Å²) in [5.74, 6) is 0.476. The number of benzene rings is 3. The summed E-state index contributed by atoms with van der Waals surface area (Å²) >= 11 is 0. The van der Waals surface area contributed by atoms with E-state index >= 15 is 0 Å². The molecule has 0 heterocycles. The van der Waals surface area contributed by atoms with E-state index in [1.807, 2.05) is 0 Å². The zero-order valence-electron chi connectivity index (χ0n) is 15.6. The van der Waals surface area contributed by atoms with E-state index < -0.39 is 0 Å². The Labute approximate surface area is 158 Å². The maximum absolute atomic E-state index is 3.69. The Kier molecular flexibility index (Phi) is 7.04. The van der Waals surface area contributed by atoms with Crippen LogP contribution < -0.4 is 5.32 Å². The summed E-state index contributed by atoms with van der Waals surface area (Å²) in [4.78, 5) is 0. The second kappa shape index (κ2) is 9.94. The molecule has 0 radical (unpaired) electrons. The summed E-state index contributed by atoms with van der Waals surface area (Å²) in [5.41, 5.74) is 4.23. The van der Waals surface area contributed by atoms with Gasteiger partial charge in [0.15, 0.2) is 0 Å². The molecule has 1 atom stereocenters. The number of hydrogen-bond donors (Lipinski definition) is 1. The molecule has 0 amide bonds. The summed E-state index contributed by atoms with van der Waals surface area (Å²) in [7, 11) is 0. The van der Waals surface area contributed by atoms with Gasteiger partial charge in [-0.1, -0.05) is 91.0 Å².